The van der Waals surface area contributed by atoms with Crippen LogP contribution in [0.1, 0.15) is 6.92 Å². The molecule has 8 nitrogen and oxygen atoms in total. The summed E-state index contributed by atoms with van der Waals surface area (Å²) < 4.78 is 20.1. The number of ether oxygens (including phenoxy) is 1. The molecule has 0 unspecified atom stereocenters. The van der Waals surface area contributed by atoms with Gasteiger partial charge in [-0.3, -0.25) is 9.59 Å². The molecular formula is C22H20FN5O3. The number of likely N-dealkylation sites (N-methyl/N-ethyl adjacent to an activating group) is 1. The van der Waals surface area contributed by atoms with Gasteiger partial charge in [0.15, 0.2) is 0 Å². The lowest BCUT2D eigenvalue weighted by Crippen LogP contribution is -2.35. The highest BCUT2D eigenvalue weighted by Gasteiger charge is 2.18. The zero-order valence-corrected chi connectivity index (χ0v) is 17.2. The molecule has 2 heterocycles. The second-order valence-electron chi connectivity index (χ2n) is 7.08. The molecule has 0 spiro atoms. The molecule has 0 aliphatic rings. The lowest BCUT2D eigenvalue weighted by molar-refractivity contribution is -0.127. The second kappa shape index (κ2) is 8.11. The van der Waals surface area contributed by atoms with Gasteiger partial charge in [0.2, 0.25) is 0 Å². The summed E-state index contributed by atoms with van der Waals surface area (Å²) in [4.78, 5) is 28.9. The van der Waals surface area contributed by atoms with E-state index >= 15 is 0 Å². The number of benzene rings is 2. The molecule has 0 bridgehead atoms. The minimum absolute atomic E-state index is 0.162. The summed E-state index contributed by atoms with van der Waals surface area (Å²) in [6.07, 6.45) is 1.07. The summed E-state index contributed by atoms with van der Waals surface area (Å²) in [7, 11) is 3.16. The van der Waals surface area contributed by atoms with Gasteiger partial charge in [-0.25, -0.2) is 9.07 Å². The topological polar surface area (TPSA) is 93.1 Å². The van der Waals surface area contributed by atoms with Gasteiger partial charge in [-0.1, -0.05) is 5.21 Å². The van der Waals surface area contributed by atoms with Gasteiger partial charge in [0.05, 0.1) is 17.4 Å². The van der Waals surface area contributed by atoms with E-state index in [-0.39, 0.29) is 11.5 Å². The van der Waals surface area contributed by atoms with Gasteiger partial charge in [-0.2, -0.15) is 0 Å². The summed E-state index contributed by atoms with van der Waals surface area (Å²) >= 11 is 0. The maximum atomic E-state index is 13.5. The molecular weight excluding hydrogens is 401 g/mol. The number of nitrogens with one attached hydrogen (secondary N) is 1. The quantitative estimate of drug-likeness (QED) is 0.535. The fourth-order valence-electron chi connectivity index (χ4n) is 3.21. The number of rotatable bonds is 5. The van der Waals surface area contributed by atoms with Gasteiger partial charge in [-0.05, 0) is 55.5 Å². The summed E-state index contributed by atoms with van der Waals surface area (Å²) in [5.74, 6) is -0.553. The van der Waals surface area contributed by atoms with E-state index in [1.165, 1.54) is 34.9 Å². The van der Waals surface area contributed by atoms with Crippen LogP contribution in [-0.2, 0) is 9.53 Å². The van der Waals surface area contributed by atoms with Crippen molar-refractivity contribution >= 4 is 22.5 Å². The van der Waals surface area contributed by atoms with Crippen LogP contribution in [-0.4, -0.2) is 46.1 Å². The molecule has 158 valence electrons. The van der Waals surface area contributed by atoms with Crippen LogP contribution in [0, 0.1) is 5.82 Å². The Labute approximate surface area is 176 Å². The standard InChI is InChI=1S/C22H20FN5O3/c1-13(31-3)22(30)27(2)16-5-7-17(8-6-16)28-12-20(25-26-28)18-11-14-10-15(23)4-9-19(14)24-21(18)29/h4-13H,1-3H3,(H,24,29)/t13-/m0/s1. The van der Waals surface area contributed by atoms with Crippen molar-refractivity contribution in [3.63, 3.8) is 0 Å². The van der Waals surface area contributed by atoms with Crippen molar-refractivity contribution in [2.24, 2.45) is 0 Å². The highest BCUT2D eigenvalue weighted by Crippen LogP contribution is 2.21. The number of anilines is 1. The Hall–Kier alpha value is -3.85. The molecule has 1 amide bonds. The van der Waals surface area contributed by atoms with Crippen LogP contribution < -0.4 is 10.5 Å². The largest absolute Gasteiger partial charge is 0.372 e. The third-order valence-electron chi connectivity index (χ3n) is 5.11. The predicted octanol–water partition coefficient (Wildman–Crippen LogP) is 2.91. The molecule has 0 saturated heterocycles. The molecule has 9 heteroatoms. The summed E-state index contributed by atoms with van der Waals surface area (Å²) in [6, 6.07) is 12.9. The SMILES string of the molecule is CO[C@@H](C)C(=O)N(C)c1ccc(-n2cc(-c3cc4cc(F)ccc4[nH]c3=O)nn2)cc1. The lowest BCUT2D eigenvalue weighted by atomic mass is 10.1. The number of hydrogen-bond donors (Lipinski definition) is 1. The van der Waals surface area contributed by atoms with Gasteiger partial charge in [-0.15, -0.1) is 5.10 Å². The molecule has 4 aromatic rings. The lowest BCUT2D eigenvalue weighted by Gasteiger charge is -2.20. The molecule has 0 saturated carbocycles. The van der Waals surface area contributed by atoms with Crippen LogP contribution in [0.25, 0.3) is 27.8 Å². The summed E-state index contributed by atoms with van der Waals surface area (Å²) in [6.45, 7) is 1.69. The monoisotopic (exact) mass is 421 g/mol. The molecule has 0 fully saturated rings. The molecule has 1 atom stereocenters. The number of carbonyl (C=O) groups is 1. The van der Waals surface area contributed by atoms with E-state index in [9.17, 15) is 14.0 Å². The number of amides is 1. The number of fused-ring (bicyclic) bond motifs is 1. The van der Waals surface area contributed by atoms with Crippen molar-refractivity contribution in [1.29, 1.82) is 0 Å². The van der Waals surface area contributed by atoms with Crippen LogP contribution in [0.5, 0.6) is 0 Å². The predicted molar refractivity (Wildman–Crippen MR) is 115 cm³/mol. The average molecular weight is 421 g/mol. The molecule has 0 aliphatic heterocycles. The minimum atomic E-state index is -0.545. The zero-order valence-electron chi connectivity index (χ0n) is 17.2. The summed E-state index contributed by atoms with van der Waals surface area (Å²) in [5, 5.41) is 8.74. The van der Waals surface area contributed by atoms with E-state index in [1.807, 2.05) is 0 Å². The highest BCUT2D eigenvalue weighted by atomic mass is 19.1. The maximum absolute atomic E-state index is 13.5. The fraction of sp³-hybridized carbons (Fsp3) is 0.182. The minimum Gasteiger partial charge on any atom is -0.372 e. The third-order valence-corrected chi connectivity index (χ3v) is 5.11. The van der Waals surface area contributed by atoms with Gasteiger partial charge >= 0.3 is 0 Å². The number of H-pyrrole nitrogens is 1. The van der Waals surface area contributed by atoms with E-state index in [0.717, 1.165) is 0 Å². The van der Waals surface area contributed by atoms with Gasteiger partial charge in [0, 0.05) is 30.7 Å². The van der Waals surface area contributed by atoms with Gasteiger partial charge in [0.1, 0.15) is 17.6 Å². The first-order valence-corrected chi connectivity index (χ1v) is 9.53. The van der Waals surface area contributed by atoms with Crippen molar-refractivity contribution in [3.8, 4) is 16.9 Å². The zero-order chi connectivity index (χ0) is 22.1. The van der Waals surface area contributed by atoms with E-state index in [1.54, 1.807) is 50.5 Å². The second-order valence-corrected chi connectivity index (χ2v) is 7.08. The molecule has 4 rings (SSSR count). The van der Waals surface area contributed by atoms with Crippen LogP contribution >= 0.6 is 0 Å². The Morgan fingerprint density at radius 1 is 1.19 bits per heavy atom. The van der Waals surface area contributed by atoms with Crippen molar-refractivity contribution < 1.29 is 13.9 Å². The fourth-order valence-corrected chi connectivity index (χ4v) is 3.21. The smallest absolute Gasteiger partial charge is 0.258 e. The molecule has 2 aromatic carbocycles. The number of hydrogen-bond acceptors (Lipinski definition) is 5. The Balaban J connectivity index is 1.62. The van der Waals surface area contributed by atoms with Crippen LogP contribution in [0.4, 0.5) is 10.1 Å². The first kappa shape index (κ1) is 20.4. The first-order valence-electron chi connectivity index (χ1n) is 9.53. The molecule has 31 heavy (non-hydrogen) atoms. The number of aromatic nitrogens is 4. The van der Waals surface area contributed by atoms with Crippen LogP contribution in [0.3, 0.4) is 0 Å². The molecule has 1 N–H and O–H groups in total. The van der Waals surface area contributed by atoms with Crippen LogP contribution in [0.15, 0.2) is 59.5 Å². The van der Waals surface area contributed by atoms with E-state index < -0.39 is 11.9 Å². The Kier molecular flexibility index (Phi) is 5.35. The maximum Gasteiger partial charge on any atom is 0.258 e. The number of carbonyl (C=O) groups excluding carboxylic acids is 1. The van der Waals surface area contributed by atoms with Crippen LogP contribution in [0.2, 0.25) is 0 Å². The van der Waals surface area contributed by atoms with E-state index in [0.29, 0.717) is 33.5 Å². The Morgan fingerprint density at radius 3 is 2.65 bits per heavy atom. The highest BCUT2D eigenvalue weighted by molar-refractivity contribution is 5.95. The van der Waals surface area contributed by atoms with E-state index in [2.05, 4.69) is 15.3 Å². The molecule has 2 aromatic heterocycles. The van der Waals surface area contributed by atoms with Crippen molar-refractivity contribution in [3.05, 3.63) is 70.9 Å². The number of pyridine rings is 1. The van der Waals surface area contributed by atoms with Crippen molar-refractivity contribution in [2.75, 3.05) is 19.1 Å². The number of halogens is 1. The molecule has 0 aliphatic carbocycles. The van der Waals surface area contributed by atoms with Crippen molar-refractivity contribution in [1.82, 2.24) is 20.0 Å². The van der Waals surface area contributed by atoms with E-state index in [4.69, 9.17) is 4.74 Å². The molecule has 0 radical (unpaired) electrons. The van der Waals surface area contributed by atoms with Gasteiger partial charge < -0.3 is 14.6 Å². The Morgan fingerprint density at radius 2 is 1.94 bits per heavy atom. The van der Waals surface area contributed by atoms with Crippen molar-refractivity contribution in [2.45, 2.75) is 13.0 Å². The number of aromatic amines is 1. The van der Waals surface area contributed by atoms with Gasteiger partial charge in [0.25, 0.3) is 11.5 Å². The first-order chi connectivity index (χ1) is 14.9. The Bertz CT molecular complexity index is 1310. The summed E-state index contributed by atoms with van der Waals surface area (Å²) in [5.41, 5.74) is 2.25. The average Bonchev–Trinajstić information content (AvgIpc) is 3.27. The number of methoxy groups -OCH3 is 1. The number of nitrogens with zero attached hydrogens (tertiary/aromatic N) is 4. The normalized spacial score (nSPS) is 12.1. The third kappa shape index (κ3) is 3.95.